The SMILES string of the molecule is O=C(Cc1ccc(F)cc1)N1CC[C@H](CO)C1. The van der Waals surface area contributed by atoms with E-state index in [1.165, 1.54) is 12.1 Å². The predicted molar refractivity (Wildman–Crippen MR) is 61.9 cm³/mol. The molecule has 1 aromatic rings. The Morgan fingerprint density at radius 3 is 2.71 bits per heavy atom. The van der Waals surface area contributed by atoms with Gasteiger partial charge in [0.15, 0.2) is 0 Å². The molecule has 0 spiro atoms. The van der Waals surface area contributed by atoms with Crippen LogP contribution in [0.1, 0.15) is 12.0 Å². The first kappa shape index (κ1) is 12.0. The van der Waals surface area contributed by atoms with Crippen molar-refractivity contribution < 1.29 is 14.3 Å². The van der Waals surface area contributed by atoms with E-state index in [4.69, 9.17) is 5.11 Å². The summed E-state index contributed by atoms with van der Waals surface area (Å²) in [5.74, 6) is -0.0255. The molecule has 1 fully saturated rings. The molecule has 1 aliphatic heterocycles. The van der Waals surface area contributed by atoms with E-state index in [1.54, 1.807) is 17.0 Å². The molecule has 0 saturated carbocycles. The van der Waals surface area contributed by atoms with Crippen molar-refractivity contribution in [3.05, 3.63) is 35.6 Å². The zero-order valence-corrected chi connectivity index (χ0v) is 9.60. The molecule has 0 bridgehead atoms. The van der Waals surface area contributed by atoms with Crippen LogP contribution >= 0.6 is 0 Å². The van der Waals surface area contributed by atoms with E-state index >= 15 is 0 Å². The minimum absolute atomic E-state index is 0.0487. The van der Waals surface area contributed by atoms with Gasteiger partial charge in [0.05, 0.1) is 6.42 Å². The van der Waals surface area contributed by atoms with Gasteiger partial charge in [0.2, 0.25) is 5.91 Å². The smallest absolute Gasteiger partial charge is 0.227 e. The molecule has 1 amide bonds. The zero-order valence-electron chi connectivity index (χ0n) is 9.60. The molecule has 1 aliphatic rings. The Balaban J connectivity index is 1.91. The number of carbonyl (C=O) groups excluding carboxylic acids is 1. The van der Waals surface area contributed by atoms with Crippen molar-refractivity contribution in [2.45, 2.75) is 12.8 Å². The normalized spacial score (nSPS) is 19.6. The van der Waals surface area contributed by atoms with Gasteiger partial charge >= 0.3 is 0 Å². The molecule has 3 nitrogen and oxygen atoms in total. The molecule has 1 heterocycles. The number of nitrogens with zero attached hydrogens (tertiary/aromatic N) is 1. The van der Waals surface area contributed by atoms with Gasteiger partial charge in [0.25, 0.3) is 0 Å². The molecule has 92 valence electrons. The number of amides is 1. The molecule has 0 radical (unpaired) electrons. The summed E-state index contributed by atoms with van der Waals surface area (Å²) in [7, 11) is 0. The number of aliphatic hydroxyl groups is 1. The first-order valence-corrected chi connectivity index (χ1v) is 5.82. The summed E-state index contributed by atoms with van der Waals surface area (Å²) >= 11 is 0. The van der Waals surface area contributed by atoms with Crippen molar-refractivity contribution >= 4 is 5.91 Å². The standard InChI is InChI=1S/C13H16FNO2/c14-12-3-1-10(2-4-12)7-13(17)15-6-5-11(8-15)9-16/h1-4,11,16H,5-9H2/t11-/m0/s1. The number of hydrogen-bond acceptors (Lipinski definition) is 2. The van der Waals surface area contributed by atoms with Gasteiger partial charge in [-0.2, -0.15) is 0 Å². The van der Waals surface area contributed by atoms with Crippen molar-refractivity contribution in [2.75, 3.05) is 19.7 Å². The molecule has 1 atom stereocenters. The Labute approximate surface area is 99.9 Å². The van der Waals surface area contributed by atoms with E-state index in [9.17, 15) is 9.18 Å². The Morgan fingerprint density at radius 2 is 2.12 bits per heavy atom. The number of hydrogen-bond donors (Lipinski definition) is 1. The van der Waals surface area contributed by atoms with E-state index in [2.05, 4.69) is 0 Å². The summed E-state index contributed by atoms with van der Waals surface area (Å²) in [6, 6.07) is 5.99. The molecule has 0 aromatic heterocycles. The highest BCUT2D eigenvalue weighted by Crippen LogP contribution is 2.16. The number of likely N-dealkylation sites (tertiary alicyclic amines) is 1. The Morgan fingerprint density at radius 1 is 1.41 bits per heavy atom. The first-order valence-electron chi connectivity index (χ1n) is 5.82. The fraction of sp³-hybridized carbons (Fsp3) is 0.462. The summed E-state index contributed by atoms with van der Waals surface area (Å²) in [6.45, 7) is 1.49. The van der Waals surface area contributed by atoms with Gasteiger partial charge in [-0.05, 0) is 24.1 Å². The summed E-state index contributed by atoms with van der Waals surface area (Å²) in [6.07, 6.45) is 1.17. The number of carbonyl (C=O) groups is 1. The highest BCUT2D eigenvalue weighted by molar-refractivity contribution is 5.79. The van der Waals surface area contributed by atoms with Crippen molar-refractivity contribution in [3.8, 4) is 0 Å². The molecular weight excluding hydrogens is 221 g/mol. The highest BCUT2D eigenvalue weighted by atomic mass is 19.1. The van der Waals surface area contributed by atoms with Crippen LogP contribution < -0.4 is 0 Å². The maximum Gasteiger partial charge on any atom is 0.227 e. The molecule has 0 aliphatic carbocycles. The van der Waals surface area contributed by atoms with Crippen LogP contribution in [-0.4, -0.2) is 35.6 Å². The van der Waals surface area contributed by atoms with Crippen LogP contribution in [0, 0.1) is 11.7 Å². The van der Waals surface area contributed by atoms with Crippen LogP contribution in [0.15, 0.2) is 24.3 Å². The second-order valence-electron chi connectivity index (χ2n) is 4.48. The van der Waals surface area contributed by atoms with Gasteiger partial charge in [-0.1, -0.05) is 12.1 Å². The summed E-state index contributed by atoms with van der Waals surface area (Å²) in [4.78, 5) is 13.7. The molecule has 2 rings (SSSR count). The van der Waals surface area contributed by atoms with Crippen molar-refractivity contribution in [1.29, 1.82) is 0 Å². The third-order valence-corrected chi connectivity index (χ3v) is 3.17. The van der Waals surface area contributed by atoms with E-state index in [-0.39, 0.29) is 24.2 Å². The molecule has 0 unspecified atom stereocenters. The molecule has 17 heavy (non-hydrogen) atoms. The molecule has 4 heteroatoms. The third kappa shape index (κ3) is 3.03. The lowest BCUT2D eigenvalue weighted by Gasteiger charge is -2.16. The Hall–Kier alpha value is -1.42. The largest absolute Gasteiger partial charge is 0.396 e. The van der Waals surface area contributed by atoms with Crippen molar-refractivity contribution in [1.82, 2.24) is 4.90 Å². The quantitative estimate of drug-likeness (QED) is 0.858. The van der Waals surface area contributed by atoms with Crippen LogP contribution in [0.3, 0.4) is 0 Å². The maximum absolute atomic E-state index is 12.7. The minimum Gasteiger partial charge on any atom is -0.396 e. The van der Waals surface area contributed by atoms with Gasteiger partial charge in [-0.3, -0.25) is 4.79 Å². The maximum atomic E-state index is 12.7. The van der Waals surface area contributed by atoms with Gasteiger partial charge < -0.3 is 10.0 Å². The van der Waals surface area contributed by atoms with Crippen LogP contribution in [0.4, 0.5) is 4.39 Å². The second kappa shape index (κ2) is 5.27. The van der Waals surface area contributed by atoms with Crippen LogP contribution in [-0.2, 0) is 11.2 Å². The van der Waals surface area contributed by atoms with Crippen LogP contribution in [0.2, 0.25) is 0 Å². The van der Waals surface area contributed by atoms with Gasteiger partial charge in [-0.15, -0.1) is 0 Å². The topological polar surface area (TPSA) is 40.5 Å². The number of aliphatic hydroxyl groups excluding tert-OH is 1. The fourth-order valence-electron chi connectivity index (χ4n) is 2.10. The third-order valence-electron chi connectivity index (χ3n) is 3.17. The highest BCUT2D eigenvalue weighted by Gasteiger charge is 2.25. The van der Waals surface area contributed by atoms with Crippen molar-refractivity contribution in [3.63, 3.8) is 0 Å². The predicted octanol–water partition coefficient (Wildman–Crippen LogP) is 1.21. The van der Waals surface area contributed by atoms with E-state index in [1.807, 2.05) is 0 Å². The number of benzene rings is 1. The Kier molecular flexibility index (Phi) is 3.74. The molecule has 1 N–H and O–H groups in total. The number of halogens is 1. The average molecular weight is 237 g/mol. The lowest BCUT2D eigenvalue weighted by molar-refractivity contribution is -0.129. The summed E-state index contributed by atoms with van der Waals surface area (Å²) in [5, 5.41) is 9.01. The monoisotopic (exact) mass is 237 g/mol. The van der Waals surface area contributed by atoms with E-state index in [0.717, 1.165) is 12.0 Å². The fourth-order valence-corrected chi connectivity index (χ4v) is 2.10. The van der Waals surface area contributed by atoms with Gasteiger partial charge in [0.1, 0.15) is 5.82 Å². The number of rotatable bonds is 3. The minimum atomic E-state index is -0.289. The Bertz CT molecular complexity index is 391. The molecule has 1 aromatic carbocycles. The zero-order chi connectivity index (χ0) is 12.3. The van der Waals surface area contributed by atoms with Gasteiger partial charge in [0, 0.05) is 25.6 Å². The van der Waals surface area contributed by atoms with Crippen molar-refractivity contribution in [2.24, 2.45) is 5.92 Å². The lowest BCUT2D eigenvalue weighted by Crippen LogP contribution is -2.30. The molecule has 1 saturated heterocycles. The van der Waals surface area contributed by atoms with E-state index in [0.29, 0.717) is 19.5 Å². The second-order valence-corrected chi connectivity index (χ2v) is 4.48. The van der Waals surface area contributed by atoms with E-state index < -0.39 is 0 Å². The molecular formula is C13H16FNO2. The lowest BCUT2D eigenvalue weighted by atomic mass is 10.1. The van der Waals surface area contributed by atoms with Crippen LogP contribution in [0.25, 0.3) is 0 Å². The summed E-state index contributed by atoms with van der Waals surface area (Å²) < 4.78 is 12.7. The first-order chi connectivity index (χ1) is 8.19. The summed E-state index contributed by atoms with van der Waals surface area (Å²) in [5.41, 5.74) is 0.823. The van der Waals surface area contributed by atoms with Crippen LogP contribution in [0.5, 0.6) is 0 Å². The average Bonchev–Trinajstić information content (AvgIpc) is 2.81. The van der Waals surface area contributed by atoms with Gasteiger partial charge in [-0.25, -0.2) is 4.39 Å².